The van der Waals surface area contributed by atoms with Crippen molar-refractivity contribution in [1.29, 1.82) is 0 Å². The predicted octanol–water partition coefficient (Wildman–Crippen LogP) is 15.6. The SMILES string of the molecule is c1ccc(-c2cc(-c3ccc(-c4ccc(-c5cc(-c6ccc7ccccc7c6)nc(-c6ccc7ccccc7c6)n5)c5ccccc45)cc3)c3c(ccc4ccccc43)n2)cc1. The minimum Gasteiger partial charge on any atom is -0.248 e. The summed E-state index contributed by atoms with van der Waals surface area (Å²) in [4.78, 5) is 15.7. The van der Waals surface area contributed by atoms with Crippen LogP contribution in [0.2, 0.25) is 0 Å². The molecule has 0 aliphatic heterocycles. The molecule has 0 aliphatic carbocycles. The molecule has 0 saturated carbocycles. The van der Waals surface area contributed by atoms with Gasteiger partial charge in [0.05, 0.1) is 22.6 Å². The van der Waals surface area contributed by atoms with Crippen LogP contribution in [0.4, 0.5) is 0 Å². The second kappa shape index (κ2) is 14.8. The fraction of sp³-hybridized carbons (Fsp3) is 0. The Bertz CT molecular complexity index is 3590. The van der Waals surface area contributed by atoms with E-state index in [1.54, 1.807) is 0 Å². The summed E-state index contributed by atoms with van der Waals surface area (Å²) < 4.78 is 0. The van der Waals surface area contributed by atoms with Crippen LogP contribution in [0, 0.1) is 0 Å². The molecule has 0 aliphatic rings. The first-order valence-electron chi connectivity index (χ1n) is 21.1. The molecule has 0 fully saturated rings. The summed E-state index contributed by atoms with van der Waals surface area (Å²) in [5, 5.41) is 10.6. The van der Waals surface area contributed by atoms with E-state index in [4.69, 9.17) is 15.0 Å². The van der Waals surface area contributed by atoms with E-state index in [9.17, 15) is 0 Å². The zero-order valence-corrected chi connectivity index (χ0v) is 33.7. The van der Waals surface area contributed by atoms with Crippen molar-refractivity contribution in [2.75, 3.05) is 0 Å². The van der Waals surface area contributed by atoms with E-state index >= 15 is 0 Å². The van der Waals surface area contributed by atoms with Gasteiger partial charge in [0, 0.05) is 27.6 Å². The van der Waals surface area contributed by atoms with Crippen molar-refractivity contribution < 1.29 is 0 Å². The first-order chi connectivity index (χ1) is 30.7. The average Bonchev–Trinajstić information content (AvgIpc) is 3.35. The van der Waals surface area contributed by atoms with Gasteiger partial charge >= 0.3 is 0 Å². The van der Waals surface area contributed by atoms with Crippen molar-refractivity contribution >= 4 is 54.0 Å². The normalized spacial score (nSPS) is 11.5. The van der Waals surface area contributed by atoms with Gasteiger partial charge in [-0.2, -0.15) is 0 Å². The molecular formula is C59H37N3. The Kier molecular flexibility index (Phi) is 8.50. The maximum Gasteiger partial charge on any atom is 0.160 e. The number of hydrogen-bond acceptors (Lipinski definition) is 3. The van der Waals surface area contributed by atoms with Gasteiger partial charge in [-0.1, -0.05) is 194 Å². The van der Waals surface area contributed by atoms with E-state index in [1.165, 1.54) is 48.8 Å². The Labute approximate surface area is 359 Å². The lowest BCUT2D eigenvalue weighted by Gasteiger charge is -2.15. The zero-order valence-electron chi connectivity index (χ0n) is 33.7. The summed E-state index contributed by atoms with van der Waals surface area (Å²) in [7, 11) is 0. The van der Waals surface area contributed by atoms with Crippen LogP contribution in [-0.4, -0.2) is 15.0 Å². The molecule has 0 saturated heterocycles. The van der Waals surface area contributed by atoms with Gasteiger partial charge in [0.2, 0.25) is 0 Å². The standard InChI is InChI=1S/C59H37N3/c1-2-15-43(16-3-1)55-36-53(58-49-19-9-8-14-40(49)30-33-54(58)60-55)42-26-24-41(25-27-42)48-31-32-52(51-21-11-10-20-50(48)51)57-37-56(46-28-22-38-12-4-6-17-44(38)34-46)61-59(62-57)47-29-23-39-13-5-7-18-45(39)35-47/h1-37H. The van der Waals surface area contributed by atoms with Gasteiger partial charge in [0.15, 0.2) is 5.82 Å². The summed E-state index contributed by atoms with van der Waals surface area (Å²) >= 11 is 0. The molecule has 3 heteroatoms. The summed E-state index contributed by atoms with van der Waals surface area (Å²) in [5.41, 5.74) is 12.6. The van der Waals surface area contributed by atoms with E-state index in [0.29, 0.717) is 5.82 Å². The molecule has 0 radical (unpaired) electrons. The van der Waals surface area contributed by atoms with Gasteiger partial charge in [-0.25, -0.2) is 15.0 Å². The van der Waals surface area contributed by atoms with Gasteiger partial charge in [-0.15, -0.1) is 0 Å². The number of nitrogens with zero attached hydrogens (tertiary/aromatic N) is 3. The number of benzene rings is 10. The molecule has 0 amide bonds. The van der Waals surface area contributed by atoms with Crippen LogP contribution in [0.5, 0.6) is 0 Å². The van der Waals surface area contributed by atoms with Crippen LogP contribution in [0.3, 0.4) is 0 Å². The zero-order chi connectivity index (χ0) is 41.0. The predicted molar refractivity (Wildman–Crippen MR) is 260 cm³/mol. The van der Waals surface area contributed by atoms with Crippen LogP contribution in [0.25, 0.3) is 121 Å². The van der Waals surface area contributed by atoms with Gasteiger partial charge in [-0.05, 0) is 95.7 Å². The molecule has 0 N–H and O–H groups in total. The van der Waals surface area contributed by atoms with Gasteiger partial charge in [0.1, 0.15) is 0 Å². The molecule has 12 aromatic rings. The van der Waals surface area contributed by atoms with E-state index in [1.807, 2.05) is 6.07 Å². The Morgan fingerprint density at radius 3 is 1.47 bits per heavy atom. The van der Waals surface area contributed by atoms with E-state index in [-0.39, 0.29) is 0 Å². The van der Waals surface area contributed by atoms with Crippen molar-refractivity contribution in [2.45, 2.75) is 0 Å². The third-order valence-electron chi connectivity index (χ3n) is 12.3. The largest absolute Gasteiger partial charge is 0.248 e. The molecule has 288 valence electrons. The third kappa shape index (κ3) is 6.27. The molecule has 0 bridgehead atoms. The molecule has 2 heterocycles. The lowest BCUT2D eigenvalue weighted by atomic mass is 9.91. The molecule has 0 atom stereocenters. The summed E-state index contributed by atoms with van der Waals surface area (Å²) in [6.45, 7) is 0. The Balaban J connectivity index is 0.991. The maximum absolute atomic E-state index is 5.33. The molecule has 2 aromatic heterocycles. The Hall–Kier alpha value is -8.27. The first kappa shape index (κ1) is 35.7. The van der Waals surface area contributed by atoms with Crippen molar-refractivity contribution in [3.05, 3.63) is 224 Å². The lowest BCUT2D eigenvalue weighted by Crippen LogP contribution is -1.97. The molecular weight excluding hydrogens is 751 g/mol. The minimum atomic E-state index is 0.701. The topological polar surface area (TPSA) is 38.7 Å². The van der Waals surface area contributed by atoms with Crippen LogP contribution in [-0.2, 0) is 0 Å². The fourth-order valence-corrected chi connectivity index (χ4v) is 9.13. The van der Waals surface area contributed by atoms with Crippen LogP contribution in [0.1, 0.15) is 0 Å². The summed E-state index contributed by atoms with van der Waals surface area (Å²) in [6, 6.07) is 80.0. The maximum atomic E-state index is 5.33. The highest BCUT2D eigenvalue weighted by atomic mass is 14.9. The van der Waals surface area contributed by atoms with E-state index in [2.05, 4.69) is 218 Å². The van der Waals surface area contributed by atoms with Crippen LogP contribution < -0.4 is 0 Å². The smallest absolute Gasteiger partial charge is 0.160 e. The number of aromatic nitrogens is 3. The molecule has 0 unspecified atom stereocenters. The quantitative estimate of drug-likeness (QED) is 0.158. The molecule has 0 spiro atoms. The highest BCUT2D eigenvalue weighted by Crippen LogP contribution is 2.40. The van der Waals surface area contributed by atoms with Crippen LogP contribution in [0.15, 0.2) is 224 Å². The van der Waals surface area contributed by atoms with Gasteiger partial charge in [-0.3, -0.25) is 0 Å². The van der Waals surface area contributed by atoms with Crippen LogP contribution >= 0.6 is 0 Å². The molecule has 62 heavy (non-hydrogen) atoms. The number of pyridine rings is 1. The van der Waals surface area contributed by atoms with Crippen molar-refractivity contribution in [3.8, 4) is 67.4 Å². The second-order valence-corrected chi connectivity index (χ2v) is 16.0. The first-order valence-corrected chi connectivity index (χ1v) is 21.1. The minimum absolute atomic E-state index is 0.701. The molecule has 10 aromatic carbocycles. The molecule has 12 rings (SSSR count). The van der Waals surface area contributed by atoms with Crippen molar-refractivity contribution in [2.24, 2.45) is 0 Å². The van der Waals surface area contributed by atoms with Crippen molar-refractivity contribution in [3.63, 3.8) is 0 Å². The molecule has 3 nitrogen and oxygen atoms in total. The van der Waals surface area contributed by atoms with Crippen molar-refractivity contribution in [1.82, 2.24) is 15.0 Å². The number of rotatable bonds is 6. The Morgan fingerprint density at radius 1 is 0.242 bits per heavy atom. The second-order valence-electron chi connectivity index (χ2n) is 16.0. The van der Waals surface area contributed by atoms with Gasteiger partial charge in [0.25, 0.3) is 0 Å². The summed E-state index contributed by atoms with van der Waals surface area (Å²) in [6.07, 6.45) is 0. The highest BCUT2D eigenvalue weighted by molar-refractivity contribution is 6.14. The highest BCUT2D eigenvalue weighted by Gasteiger charge is 2.17. The fourth-order valence-electron chi connectivity index (χ4n) is 9.13. The third-order valence-corrected chi connectivity index (χ3v) is 12.3. The average molecular weight is 788 g/mol. The number of fused-ring (bicyclic) bond motifs is 6. The van der Waals surface area contributed by atoms with E-state index < -0.39 is 0 Å². The van der Waals surface area contributed by atoms with Gasteiger partial charge < -0.3 is 0 Å². The van der Waals surface area contributed by atoms with E-state index in [0.717, 1.165) is 66.8 Å². The number of hydrogen-bond donors (Lipinski definition) is 0. The summed E-state index contributed by atoms with van der Waals surface area (Å²) in [5.74, 6) is 0.701. The lowest BCUT2D eigenvalue weighted by molar-refractivity contribution is 1.19. The monoisotopic (exact) mass is 787 g/mol. The Morgan fingerprint density at radius 2 is 0.742 bits per heavy atom.